The fraction of sp³-hybridized carbons (Fsp3) is 0.231. The number of hydrogen-bond acceptors (Lipinski definition) is 3. The van der Waals surface area contributed by atoms with E-state index in [2.05, 4.69) is 15.3 Å². The zero-order valence-electron chi connectivity index (χ0n) is 10.6. The fourth-order valence-corrected chi connectivity index (χ4v) is 1.68. The summed E-state index contributed by atoms with van der Waals surface area (Å²) in [7, 11) is 0. The van der Waals surface area contributed by atoms with Gasteiger partial charge in [-0.3, -0.25) is 0 Å². The van der Waals surface area contributed by atoms with Crippen LogP contribution in [0.1, 0.15) is 11.3 Å². The Hall–Kier alpha value is -2.25. The summed E-state index contributed by atoms with van der Waals surface area (Å²) in [6.07, 6.45) is -3.35. The predicted octanol–water partition coefficient (Wildman–Crippen LogP) is 3.43. The molecule has 0 amide bonds. The zero-order valence-corrected chi connectivity index (χ0v) is 10.6. The van der Waals surface area contributed by atoms with E-state index < -0.39 is 23.5 Å². The maximum absolute atomic E-state index is 13.0. The van der Waals surface area contributed by atoms with Gasteiger partial charge in [-0.2, -0.15) is 13.2 Å². The zero-order chi connectivity index (χ0) is 15.5. The molecule has 0 saturated heterocycles. The van der Waals surface area contributed by atoms with Gasteiger partial charge >= 0.3 is 6.18 Å². The summed E-state index contributed by atoms with van der Waals surface area (Å²) in [5, 5.41) is 2.58. The van der Waals surface area contributed by atoms with Gasteiger partial charge in [-0.25, -0.2) is 18.7 Å². The van der Waals surface area contributed by atoms with E-state index in [0.29, 0.717) is 5.56 Å². The molecule has 0 atom stereocenters. The molecule has 2 rings (SSSR count). The van der Waals surface area contributed by atoms with Crippen LogP contribution in [0.15, 0.2) is 30.5 Å². The standard InChI is InChI=1S/C13H10F5N3/c14-9-5-8(6-10(15)7-9)1-3-19-12-20-4-2-11(21-12)13(16,17)18/h2,4-7H,1,3H2,(H,19,20,21). The van der Waals surface area contributed by atoms with Crippen LogP contribution in [0.25, 0.3) is 0 Å². The molecule has 1 N–H and O–H groups in total. The van der Waals surface area contributed by atoms with Gasteiger partial charge in [-0.1, -0.05) is 0 Å². The Morgan fingerprint density at radius 1 is 1.05 bits per heavy atom. The summed E-state index contributed by atoms with van der Waals surface area (Å²) < 4.78 is 63.2. The molecule has 3 nitrogen and oxygen atoms in total. The van der Waals surface area contributed by atoms with Crippen LogP contribution in [0.2, 0.25) is 0 Å². The lowest BCUT2D eigenvalue weighted by molar-refractivity contribution is -0.141. The number of alkyl halides is 3. The first-order valence-electron chi connectivity index (χ1n) is 5.94. The van der Waals surface area contributed by atoms with Crippen molar-refractivity contribution in [1.82, 2.24) is 9.97 Å². The van der Waals surface area contributed by atoms with Crippen molar-refractivity contribution in [3.8, 4) is 0 Å². The minimum absolute atomic E-state index is 0.143. The Bertz CT molecular complexity index is 607. The highest BCUT2D eigenvalue weighted by Gasteiger charge is 2.32. The summed E-state index contributed by atoms with van der Waals surface area (Å²) in [6.45, 7) is 0.143. The fourth-order valence-electron chi connectivity index (χ4n) is 1.68. The van der Waals surface area contributed by atoms with Crippen molar-refractivity contribution in [2.45, 2.75) is 12.6 Å². The smallest absolute Gasteiger partial charge is 0.354 e. The van der Waals surface area contributed by atoms with Crippen LogP contribution >= 0.6 is 0 Å². The van der Waals surface area contributed by atoms with Crippen LogP contribution in [-0.4, -0.2) is 16.5 Å². The molecule has 1 aromatic heterocycles. The Morgan fingerprint density at radius 2 is 1.71 bits per heavy atom. The SMILES string of the molecule is Fc1cc(F)cc(CCNc2nccc(C(F)(F)F)n2)c1. The Morgan fingerprint density at radius 3 is 2.33 bits per heavy atom. The third kappa shape index (κ3) is 4.37. The number of rotatable bonds is 4. The molecule has 112 valence electrons. The second-order valence-corrected chi connectivity index (χ2v) is 4.22. The van der Waals surface area contributed by atoms with E-state index in [1.54, 1.807) is 0 Å². The first-order chi connectivity index (χ1) is 9.84. The molecular formula is C13H10F5N3. The quantitative estimate of drug-likeness (QED) is 0.879. The van der Waals surface area contributed by atoms with Crippen LogP contribution in [0.5, 0.6) is 0 Å². The van der Waals surface area contributed by atoms with E-state index in [9.17, 15) is 22.0 Å². The molecule has 1 aromatic carbocycles. The largest absolute Gasteiger partial charge is 0.433 e. The van der Waals surface area contributed by atoms with Crippen LogP contribution in [0.4, 0.5) is 27.9 Å². The molecule has 0 radical (unpaired) electrons. The van der Waals surface area contributed by atoms with Crippen molar-refractivity contribution in [1.29, 1.82) is 0 Å². The third-order valence-corrected chi connectivity index (χ3v) is 2.57. The van der Waals surface area contributed by atoms with Crippen molar-refractivity contribution in [2.75, 3.05) is 11.9 Å². The number of aromatic nitrogens is 2. The number of hydrogen-bond donors (Lipinski definition) is 1. The summed E-state index contributed by atoms with van der Waals surface area (Å²) >= 11 is 0. The van der Waals surface area contributed by atoms with Crippen molar-refractivity contribution >= 4 is 5.95 Å². The molecule has 0 unspecified atom stereocenters. The van der Waals surface area contributed by atoms with Gasteiger partial charge in [-0.15, -0.1) is 0 Å². The van der Waals surface area contributed by atoms with Gasteiger partial charge in [0.1, 0.15) is 17.3 Å². The minimum Gasteiger partial charge on any atom is -0.354 e. The van der Waals surface area contributed by atoms with Gasteiger partial charge in [-0.05, 0) is 30.2 Å². The van der Waals surface area contributed by atoms with Crippen molar-refractivity contribution in [3.05, 3.63) is 53.4 Å². The Labute approximate surface area is 116 Å². The monoisotopic (exact) mass is 303 g/mol. The number of nitrogens with zero attached hydrogens (tertiary/aromatic N) is 2. The van der Waals surface area contributed by atoms with Gasteiger partial charge in [0.25, 0.3) is 0 Å². The predicted molar refractivity (Wildman–Crippen MR) is 65.6 cm³/mol. The average Bonchev–Trinajstić information content (AvgIpc) is 2.37. The van der Waals surface area contributed by atoms with Crippen LogP contribution in [0, 0.1) is 11.6 Å². The average molecular weight is 303 g/mol. The molecule has 2 aromatic rings. The van der Waals surface area contributed by atoms with Crippen LogP contribution in [0.3, 0.4) is 0 Å². The Balaban J connectivity index is 1.97. The summed E-state index contributed by atoms with van der Waals surface area (Å²) in [4.78, 5) is 6.96. The maximum atomic E-state index is 13.0. The van der Waals surface area contributed by atoms with Gasteiger partial charge in [0, 0.05) is 18.8 Å². The van der Waals surface area contributed by atoms with E-state index in [-0.39, 0.29) is 18.9 Å². The number of nitrogens with one attached hydrogen (secondary N) is 1. The summed E-state index contributed by atoms with van der Waals surface area (Å²) in [5.41, 5.74) is -0.677. The second-order valence-electron chi connectivity index (χ2n) is 4.22. The lowest BCUT2D eigenvalue weighted by atomic mass is 10.1. The minimum atomic E-state index is -4.55. The lowest BCUT2D eigenvalue weighted by Gasteiger charge is -2.08. The van der Waals surface area contributed by atoms with Crippen molar-refractivity contribution in [2.24, 2.45) is 0 Å². The highest BCUT2D eigenvalue weighted by Crippen LogP contribution is 2.27. The number of halogens is 5. The van der Waals surface area contributed by atoms with Crippen molar-refractivity contribution < 1.29 is 22.0 Å². The van der Waals surface area contributed by atoms with Crippen LogP contribution < -0.4 is 5.32 Å². The van der Waals surface area contributed by atoms with Gasteiger partial charge in [0.05, 0.1) is 0 Å². The molecule has 0 aliphatic rings. The van der Waals surface area contributed by atoms with E-state index in [1.807, 2.05) is 0 Å². The van der Waals surface area contributed by atoms with Gasteiger partial charge < -0.3 is 5.32 Å². The third-order valence-electron chi connectivity index (χ3n) is 2.57. The molecule has 0 fully saturated rings. The first kappa shape index (κ1) is 15.1. The molecule has 8 heteroatoms. The molecule has 0 bridgehead atoms. The molecule has 0 aliphatic carbocycles. The molecule has 0 spiro atoms. The Kier molecular flexibility index (Phi) is 4.35. The van der Waals surface area contributed by atoms with E-state index in [0.717, 1.165) is 30.5 Å². The van der Waals surface area contributed by atoms with Gasteiger partial charge in [0.2, 0.25) is 5.95 Å². The summed E-state index contributed by atoms with van der Waals surface area (Å²) in [5.74, 6) is -1.61. The molecule has 0 aliphatic heterocycles. The molecule has 1 heterocycles. The van der Waals surface area contributed by atoms with Crippen molar-refractivity contribution in [3.63, 3.8) is 0 Å². The molecular weight excluding hydrogens is 293 g/mol. The van der Waals surface area contributed by atoms with E-state index in [4.69, 9.17) is 0 Å². The van der Waals surface area contributed by atoms with Crippen LogP contribution in [-0.2, 0) is 12.6 Å². The second kappa shape index (κ2) is 6.02. The topological polar surface area (TPSA) is 37.8 Å². The highest BCUT2D eigenvalue weighted by atomic mass is 19.4. The van der Waals surface area contributed by atoms with E-state index >= 15 is 0 Å². The first-order valence-corrected chi connectivity index (χ1v) is 5.94. The van der Waals surface area contributed by atoms with Gasteiger partial charge in [0.15, 0.2) is 0 Å². The highest BCUT2D eigenvalue weighted by molar-refractivity contribution is 5.27. The lowest BCUT2D eigenvalue weighted by Crippen LogP contribution is -2.13. The summed E-state index contributed by atoms with van der Waals surface area (Å²) in [6, 6.07) is 3.80. The number of anilines is 1. The number of benzene rings is 1. The molecule has 21 heavy (non-hydrogen) atoms. The molecule has 0 saturated carbocycles. The normalized spacial score (nSPS) is 11.5. The van der Waals surface area contributed by atoms with E-state index in [1.165, 1.54) is 0 Å². The maximum Gasteiger partial charge on any atom is 0.433 e.